The highest BCUT2D eigenvalue weighted by Crippen LogP contribution is 2.26. The van der Waals surface area contributed by atoms with Crippen molar-refractivity contribution in [3.05, 3.63) is 41.6 Å². The molecule has 1 heterocycles. The molecular weight excluding hydrogens is 311 g/mol. The Morgan fingerprint density at radius 2 is 2.05 bits per heavy atom. The van der Waals surface area contributed by atoms with Crippen molar-refractivity contribution < 1.29 is 21.8 Å². The summed E-state index contributed by atoms with van der Waals surface area (Å²) in [5, 5.41) is -0.214. The third-order valence-electron chi connectivity index (χ3n) is 2.99. The molecule has 0 bridgehead atoms. The van der Waals surface area contributed by atoms with E-state index in [0.717, 1.165) is 10.6 Å². The highest BCUT2D eigenvalue weighted by molar-refractivity contribution is 7.87. The maximum atomic E-state index is 13.2. The Balaban J connectivity index is 2.54. The van der Waals surface area contributed by atoms with Gasteiger partial charge in [-0.05, 0) is 18.1 Å². The smallest absolute Gasteiger partial charge is 0.357 e. The van der Waals surface area contributed by atoms with Crippen LogP contribution in [0.2, 0.25) is 0 Å². The molecule has 0 fully saturated rings. The lowest BCUT2D eigenvalue weighted by Gasteiger charge is -2.10. The quantitative estimate of drug-likeness (QED) is 0.622. The summed E-state index contributed by atoms with van der Waals surface area (Å²) in [5.74, 6) is -1.02. The second kappa shape index (κ2) is 5.88. The van der Waals surface area contributed by atoms with Crippen molar-refractivity contribution in [1.29, 1.82) is 0 Å². The van der Waals surface area contributed by atoms with Gasteiger partial charge in [-0.2, -0.15) is 8.42 Å². The number of nitrogens with zero attached hydrogens (tertiary/aromatic N) is 2. The van der Waals surface area contributed by atoms with Crippen LogP contribution in [0.3, 0.4) is 0 Å². The topological polar surface area (TPSA) is 78.3 Å². The van der Waals surface area contributed by atoms with Gasteiger partial charge in [0.1, 0.15) is 11.6 Å². The van der Waals surface area contributed by atoms with E-state index in [9.17, 15) is 17.6 Å². The van der Waals surface area contributed by atoms with Crippen LogP contribution in [0.5, 0.6) is 5.75 Å². The van der Waals surface area contributed by atoms with Gasteiger partial charge in [0.05, 0.1) is 5.69 Å². The monoisotopic (exact) mass is 326 g/mol. The van der Waals surface area contributed by atoms with Gasteiger partial charge in [0.25, 0.3) is 0 Å². The molecule has 22 heavy (non-hydrogen) atoms. The number of rotatable bonds is 5. The second-order valence-electron chi connectivity index (χ2n) is 4.99. The van der Waals surface area contributed by atoms with Crippen molar-refractivity contribution in [2.75, 3.05) is 0 Å². The van der Waals surface area contributed by atoms with Crippen LogP contribution < -0.4 is 4.18 Å². The first kappa shape index (κ1) is 16.2. The minimum atomic E-state index is -4.25. The van der Waals surface area contributed by atoms with Gasteiger partial charge in [0.2, 0.25) is 0 Å². The minimum Gasteiger partial charge on any atom is -0.378 e. The Hall–Kier alpha value is -2.22. The average Bonchev–Trinajstić information content (AvgIpc) is 2.76. The van der Waals surface area contributed by atoms with E-state index in [1.54, 1.807) is 13.8 Å². The molecule has 118 valence electrons. The number of aldehydes is 1. The van der Waals surface area contributed by atoms with E-state index in [-0.39, 0.29) is 28.2 Å². The Morgan fingerprint density at radius 3 is 2.59 bits per heavy atom. The molecule has 0 saturated carbocycles. The molecule has 2 rings (SSSR count). The number of benzene rings is 1. The third kappa shape index (κ3) is 3.01. The van der Waals surface area contributed by atoms with Crippen molar-refractivity contribution >= 4 is 16.4 Å². The average molecular weight is 326 g/mol. The van der Waals surface area contributed by atoms with E-state index in [2.05, 4.69) is 4.98 Å². The minimum absolute atomic E-state index is 0.0230. The Bertz CT molecular complexity index is 812. The van der Waals surface area contributed by atoms with Gasteiger partial charge in [-0.15, -0.1) is 0 Å². The molecule has 1 aromatic heterocycles. The summed E-state index contributed by atoms with van der Waals surface area (Å²) >= 11 is 0. The van der Waals surface area contributed by atoms with Gasteiger partial charge in [0.15, 0.2) is 17.1 Å². The predicted molar refractivity (Wildman–Crippen MR) is 76.9 cm³/mol. The zero-order chi connectivity index (χ0) is 16.5. The van der Waals surface area contributed by atoms with E-state index >= 15 is 0 Å². The lowest BCUT2D eigenvalue weighted by Crippen LogP contribution is -2.16. The first-order chi connectivity index (χ1) is 10.3. The number of halogens is 1. The van der Waals surface area contributed by atoms with Crippen LogP contribution in [0, 0.1) is 5.82 Å². The summed E-state index contributed by atoms with van der Waals surface area (Å²) in [6, 6.07) is 4.80. The molecule has 0 aliphatic carbocycles. The van der Waals surface area contributed by atoms with Crippen LogP contribution in [-0.4, -0.2) is 24.3 Å². The summed E-state index contributed by atoms with van der Waals surface area (Å²) in [4.78, 5) is 15.0. The SMILES string of the molecule is CC(C)c1nc(C=O)n(C)c1S(=O)(=O)Oc1cccc(F)c1. The number of hydrogen-bond donors (Lipinski definition) is 0. The van der Waals surface area contributed by atoms with Gasteiger partial charge >= 0.3 is 10.1 Å². The van der Waals surface area contributed by atoms with Crippen molar-refractivity contribution in [1.82, 2.24) is 9.55 Å². The van der Waals surface area contributed by atoms with Gasteiger partial charge in [-0.3, -0.25) is 4.79 Å². The molecule has 0 amide bonds. The summed E-state index contributed by atoms with van der Waals surface area (Å²) in [6.45, 7) is 3.50. The molecule has 0 aliphatic heterocycles. The van der Waals surface area contributed by atoms with Gasteiger partial charge in [-0.25, -0.2) is 9.37 Å². The Labute approximate surface area is 127 Å². The number of carbonyl (C=O) groups excluding carboxylic acids is 1. The normalized spacial score (nSPS) is 11.7. The molecule has 8 heteroatoms. The van der Waals surface area contributed by atoms with Gasteiger partial charge < -0.3 is 8.75 Å². The second-order valence-corrected chi connectivity index (χ2v) is 6.45. The lowest BCUT2D eigenvalue weighted by atomic mass is 10.2. The van der Waals surface area contributed by atoms with Crippen LogP contribution in [0.15, 0.2) is 29.3 Å². The predicted octanol–water partition coefficient (Wildman–Crippen LogP) is 2.26. The standard InChI is InChI=1S/C14H15FN2O4S/c1-9(2)13-14(17(3)12(8-18)16-13)22(19,20)21-11-6-4-5-10(15)7-11/h4-9H,1-3H3. The number of aromatic nitrogens is 2. The van der Waals surface area contributed by atoms with E-state index in [4.69, 9.17) is 4.18 Å². The van der Waals surface area contributed by atoms with E-state index in [1.165, 1.54) is 25.2 Å². The molecule has 0 atom stereocenters. The Kier molecular flexibility index (Phi) is 4.32. The maximum absolute atomic E-state index is 13.2. The fourth-order valence-corrected chi connectivity index (χ4v) is 3.39. The molecule has 0 unspecified atom stereocenters. The molecule has 0 saturated heterocycles. The molecule has 2 aromatic rings. The molecule has 6 nitrogen and oxygen atoms in total. The van der Waals surface area contributed by atoms with E-state index in [1.807, 2.05) is 0 Å². The van der Waals surface area contributed by atoms with Crippen LogP contribution in [0.25, 0.3) is 0 Å². The summed E-state index contributed by atoms with van der Waals surface area (Å²) in [6.07, 6.45) is 0.465. The maximum Gasteiger partial charge on any atom is 0.357 e. The Morgan fingerprint density at radius 1 is 1.36 bits per heavy atom. The van der Waals surface area contributed by atoms with Crippen molar-refractivity contribution in [3.8, 4) is 5.75 Å². The lowest BCUT2D eigenvalue weighted by molar-refractivity contribution is 0.111. The zero-order valence-corrected chi connectivity index (χ0v) is 13.1. The van der Waals surface area contributed by atoms with Crippen LogP contribution >= 0.6 is 0 Å². The van der Waals surface area contributed by atoms with Gasteiger partial charge in [0, 0.05) is 13.1 Å². The molecule has 1 aromatic carbocycles. The van der Waals surface area contributed by atoms with E-state index < -0.39 is 15.9 Å². The van der Waals surface area contributed by atoms with Crippen molar-refractivity contribution in [3.63, 3.8) is 0 Å². The van der Waals surface area contributed by atoms with Crippen LogP contribution in [0.4, 0.5) is 4.39 Å². The van der Waals surface area contributed by atoms with Crippen LogP contribution in [-0.2, 0) is 17.2 Å². The van der Waals surface area contributed by atoms with Crippen molar-refractivity contribution in [2.45, 2.75) is 24.8 Å². The van der Waals surface area contributed by atoms with Gasteiger partial charge in [-0.1, -0.05) is 19.9 Å². The largest absolute Gasteiger partial charge is 0.378 e. The zero-order valence-electron chi connectivity index (χ0n) is 12.3. The summed E-state index contributed by atoms with van der Waals surface area (Å²) in [7, 11) is -2.84. The first-order valence-electron chi connectivity index (χ1n) is 6.48. The fourth-order valence-electron chi connectivity index (χ4n) is 1.98. The fraction of sp³-hybridized carbons (Fsp3) is 0.286. The number of imidazole rings is 1. The molecule has 0 aliphatic rings. The molecule has 0 radical (unpaired) electrons. The number of hydrogen-bond acceptors (Lipinski definition) is 5. The van der Waals surface area contributed by atoms with Crippen molar-refractivity contribution in [2.24, 2.45) is 7.05 Å². The van der Waals surface area contributed by atoms with Crippen LogP contribution in [0.1, 0.15) is 36.1 Å². The first-order valence-corrected chi connectivity index (χ1v) is 7.89. The summed E-state index contributed by atoms with van der Waals surface area (Å²) in [5.41, 5.74) is 0.223. The third-order valence-corrected chi connectivity index (χ3v) is 4.36. The highest BCUT2D eigenvalue weighted by atomic mass is 32.2. The highest BCUT2D eigenvalue weighted by Gasteiger charge is 2.29. The molecule has 0 N–H and O–H groups in total. The number of carbonyl (C=O) groups is 1. The summed E-state index contributed by atoms with van der Waals surface area (Å²) < 4.78 is 44.2. The van der Waals surface area contributed by atoms with E-state index in [0.29, 0.717) is 6.29 Å². The molecule has 0 spiro atoms. The molecular formula is C14H15FN2O4S.